The van der Waals surface area contributed by atoms with E-state index < -0.39 is 30.9 Å². The van der Waals surface area contributed by atoms with Crippen LogP contribution in [-0.2, 0) is 19.9 Å². The molecule has 1 fully saturated rings. The number of sulfonamides is 1. The van der Waals surface area contributed by atoms with Crippen LogP contribution in [0.4, 0.5) is 5.69 Å². The lowest BCUT2D eigenvalue weighted by Gasteiger charge is -2.15. The van der Waals surface area contributed by atoms with Crippen molar-refractivity contribution in [2.45, 2.75) is 11.7 Å². The Balaban J connectivity index is 2.30. The fourth-order valence-electron chi connectivity index (χ4n) is 1.87. The van der Waals surface area contributed by atoms with E-state index in [9.17, 15) is 16.8 Å². The summed E-state index contributed by atoms with van der Waals surface area (Å²) in [5.41, 5.74) is 0.00188. The molecule has 10 heteroatoms. The third kappa shape index (κ3) is 3.51. The van der Waals surface area contributed by atoms with E-state index in [1.165, 1.54) is 12.1 Å². The van der Waals surface area contributed by atoms with Crippen LogP contribution in [-0.4, -0.2) is 33.6 Å². The predicted molar refractivity (Wildman–Crippen MR) is 81.1 cm³/mol. The second kappa shape index (κ2) is 5.53. The average molecular weight is 379 g/mol. The summed E-state index contributed by atoms with van der Waals surface area (Å²) in [6.45, 7) is 0. The zero-order valence-corrected chi connectivity index (χ0v) is 13.8. The molecule has 0 amide bonds. The molecule has 5 nitrogen and oxygen atoms in total. The molecule has 2 rings (SSSR count). The summed E-state index contributed by atoms with van der Waals surface area (Å²) < 4.78 is 49.3. The van der Waals surface area contributed by atoms with Gasteiger partial charge in [-0.25, -0.2) is 16.8 Å². The van der Waals surface area contributed by atoms with Gasteiger partial charge >= 0.3 is 0 Å². The minimum Gasteiger partial charge on any atom is -0.280 e. The normalized spacial score (nSPS) is 21.9. The molecule has 0 aliphatic carbocycles. The highest BCUT2D eigenvalue weighted by Gasteiger charge is 2.37. The van der Waals surface area contributed by atoms with Gasteiger partial charge in [0.2, 0.25) is 10.0 Å². The topological polar surface area (TPSA) is 80.3 Å². The lowest BCUT2D eigenvalue weighted by atomic mass is 10.3. The second-order valence-corrected chi connectivity index (χ2v) is 9.86. The van der Waals surface area contributed by atoms with Crippen LogP contribution in [0.15, 0.2) is 12.1 Å². The van der Waals surface area contributed by atoms with Crippen LogP contribution in [0.25, 0.3) is 0 Å². The molecule has 1 unspecified atom stereocenters. The van der Waals surface area contributed by atoms with Crippen molar-refractivity contribution in [2.24, 2.45) is 0 Å². The van der Waals surface area contributed by atoms with Gasteiger partial charge in [-0.05, 0) is 18.6 Å². The maximum atomic E-state index is 12.2. The Bertz CT molecular complexity index is 723. The molecule has 1 atom stereocenters. The Labute approximate surface area is 132 Å². The van der Waals surface area contributed by atoms with E-state index in [4.69, 9.17) is 34.8 Å². The molecule has 0 saturated carbocycles. The molecule has 1 heterocycles. The summed E-state index contributed by atoms with van der Waals surface area (Å²) in [4.78, 5) is 0. The molecule has 112 valence electrons. The van der Waals surface area contributed by atoms with Crippen molar-refractivity contribution in [3.63, 3.8) is 0 Å². The second-order valence-electron chi connectivity index (χ2n) is 4.42. The molecular formula is C10H10Cl3NO4S2. The van der Waals surface area contributed by atoms with E-state index in [0.717, 1.165) is 0 Å². The lowest BCUT2D eigenvalue weighted by molar-refractivity contribution is 0.587. The third-order valence-corrected chi connectivity index (χ3v) is 7.44. The molecule has 0 radical (unpaired) electrons. The van der Waals surface area contributed by atoms with E-state index >= 15 is 0 Å². The SMILES string of the molecule is O=S1(=O)CCC(S(=O)(=O)Nc2c(Cl)cc(Cl)cc2Cl)C1. The van der Waals surface area contributed by atoms with Gasteiger partial charge in [0.05, 0.1) is 32.5 Å². The molecular weight excluding hydrogens is 369 g/mol. The van der Waals surface area contributed by atoms with Crippen molar-refractivity contribution in [1.82, 2.24) is 0 Å². The van der Waals surface area contributed by atoms with Gasteiger partial charge in [-0.1, -0.05) is 34.8 Å². The standard InChI is InChI=1S/C10H10Cl3NO4S2/c11-6-3-8(12)10(9(13)4-6)14-20(17,18)7-1-2-19(15,16)5-7/h3-4,7,14H,1-2,5H2. The smallest absolute Gasteiger partial charge is 0.236 e. The fourth-order valence-corrected chi connectivity index (χ4v) is 7.02. The van der Waals surface area contributed by atoms with Gasteiger partial charge in [-0.3, -0.25) is 4.72 Å². The summed E-state index contributed by atoms with van der Waals surface area (Å²) in [6, 6.07) is 2.69. The number of anilines is 1. The number of rotatable bonds is 3. The van der Waals surface area contributed by atoms with Crippen molar-refractivity contribution in [1.29, 1.82) is 0 Å². The molecule has 1 aromatic rings. The van der Waals surface area contributed by atoms with Crippen LogP contribution < -0.4 is 4.72 Å². The number of benzene rings is 1. The van der Waals surface area contributed by atoms with Gasteiger partial charge in [0, 0.05) is 5.02 Å². The minimum absolute atomic E-state index is 0.00188. The van der Waals surface area contributed by atoms with Gasteiger partial charge in [-0.2, -0.15) is 0 Å². The molecule has 0 spiro atoms. The first-order chi connectivity index (χ1) is 9.11. The van der Waals surface area contributed by atoms with Crippen LogP contribution in [0.5, 0.6) is 0 Å². The molecule has 1 aliphatic rings. The van der Waals surface area contributed by atoms with Gasteiger partial charge in [0.25, 0.3) is 0 Å². The van der Waals surface area contributed by atoms with Crippen molar-refractivity contribution in [2.75, 3.05) is 16.2 Å². The van der Waals surface area contributed by atoms with Gasteiger partial charge in [0.1, 0.15) is 0 Å². The van der Waals surface area contributed by atoms with Crippen molar-refractivity contribution < 1.29 is 16.8 Å². The maximum Gasteiger partial charge on any atom is 0.236 e. The summed E-state index contributed by atoms with van der Waals surface area (Å²) in [6.07, 6.45) is 0.0560. The first-order valence-corrected chi connectivity index (χ1v) is 9.97. The highest BCUT2D eigenvalue weighted by Crippen LogP contribution is 2.35. The molecule has 1 aromatic carbocycles. The van der Waals surface area contributed by atoms with Gasteiger partial charge in [-0.15, -0.1) is 0 Å². The number of halogens is 3. The summed E-state index contributed by atoms with van der Waals surface area (Å²) in [7, 11) is -7.19. The van der Waals surface area contributed by atoms with Crippen LogP contribution in [0.3, 0.4) is 0 Å². The predicted octanol–water partition coefficient (Wildman–Crippen LogP) is 2.58. The average Bonchev–Trinajstić information content (AvgIpc) is 2.65. The Morgan fingerprint density at radius 3 is 2.15 bits per heavy atom. The number of hydrogen-bond donors (Lipinski definition) is 1. The van der Waals surface area contributed by atoms with Crippen LogP contribution in [0.1, 0.15) is 6.42 Å². The van der Waals surface area contributed by atoms with E-state index in [1.54, 1.807) is 0 Å². The third-order valence-electron chi connectivity index (χ3n) is 2.88. The number of sulfone groups is 1. The Kier molecular flexibility index (Phi) is 4.47. The summed E-state index contributed by atoms with van der Waals surface area (Å²) in [5.74, 6) is -0.536. The van der Waals surface area contributed by atoms with E-state index in [1.807, 2.05) is 0 Å². The van der Waals surface area contributed by atoms with Crippen LogP contribution >= 0.6 is 34.8 Å². The largest absolute Gasteiger partial charge is 0.280 e. The molecule has 0 aromatic heterocycles. The first-order valence-electron chi connectivity index (χ1n) is 5.47. The Morgan fingerprint density at radius 2 is 1.70 bits per heavy atom. The zero-order chi connectivity index (χ0) is 15.1. The first kappa shape index (κ1) is 16.2. The quantitative estimate of drug-likeness (QED) is 0.876. The highest BCUT2D eigenvalue weighted by atomic mass is 35.5. The molecule has 0 bridgehead atoms. The zero-order valence-electron chi connectivity index (χ0n) is 9.94. The van der Waals surface area contributed by atoms with E-state index in [2.05, 4.69) is 4.72 Å². The number of hydrogen-bond acceptors (Lipinski definition) is 4. The van der Waals surface area contributed by atoms with Crippen LogP contribution in [0, 0.1) is 0 Å². The van der Waals surface area contributed by atoms with Gasteiger partial charge < -0.3 is 0 Å². The Morgan fingerprint density at radius 1 is 1.15 bits per heavy atom. The lowest BCUT2D eigenvalue weighted by Crippen LogP contribution is -2.29. The summed E-state index contributed by atoms with van der Waals surface area (Å²) in [5, 5.41) is -0.638. The van der Waals surface area contributed by atoms with Crippen LogP contribution in [0.2, 0.25) is 15.1 Å². The minimum atomic E-state index is -3.88. The van der Waals surface area contributed by atoms with E-state index in [-0.39, 0.29) is 32.9 Å². The van der Waals surface area contributed by atoms with Gasteiger partial charge in [0.15, 0.2) is 9.84 Å². The fraction of sp³-hybridized carbons (Fsp3) is 0.400. The Hall–Kier alpha value is -0.210. The van der Waals surface area contributed by atoms with Crippen molar-refractivity contribution in [3.8, 4) is 0 Å². The summed E-state index contributed by atoms with van der Waals surface area (Å²) >= 11 is 17.5. The van der Waals surface area contributed by atoms with E-state index in [0.29, 0.717) is 0 Å². The maximum absolute atomic E-state index is 12.2. The molecule has 1 N–H and O–H groups in total. The molecule has 1 saturated heterocycles. The molecule has 1 aliphatic heterocycles. The van der Waals surface area contributed by atoms with Crippen molar-refractivity contribution >= 4 is 60.4 Å². The number of nitrogens with one attached hydrogen (secondary N) is 1. The van der Waals surface area contributed by atoms with Crippen molar-refractivity contribution in [3.05, 3.63) is 27.2 Å². The highest BCUT2D eigenvalue weighted by molar-refractivity contribution is 7.97. The monoisotopic (exact) mass is 377 g/mol. The molecule has 20 heavy (non-hydrogen) atoms.